The number of hydrogen-bond acceptors (Lipinski definition) is 2. The Kier molecular flexibility index (Phi) is 2.86. The van der Waals surface area contributed by atoms with E-state index in [1.165, 1.54) is 5.56 Å². The van der Waals surface area contributed by atoms with E-state index in [2.05, 4.69) is 10.3 Å². The van der Waals surface area contributed by atoms with Gasteiger partial charge in [0.1, 0.15) is 5.75 Å². The molecule has 3 nitrogen and oxygen atoms in total. The van der Waals surface area contributed by atoms with Crippen molar-refractivity contribution in [2.45, 2.75) is 20.4 Å². The van der Waals surface area contributed by atoms with Gasteiger partial charge in [0.25, 0.3) is 0 Å². The number of aromatic amines is 1. The lowest BCUT2D eigenvalue weighted by Crippen LogP contribution is -2.00. The van der Waals surface area contributed by atoms with E-state index in [1.807, 2.05) is 44.4 Å². The number of phenolic OH excluding ortho intramolecular Hbond substituents is 1. The zero-order valence-electron chi connectivity index (χ0n) is 9.54. The maximum Gasteiger partial charge on any atom is 0.123 e. The van der Waals surface area contributed by atoms with Gasteiger partial charge >= 0.3 is 0 Å². The van der Waals surface area contributed by atoms with E-state index < -0.39 is 0 Å². The summed E-state index contributed by atoms with van der Waals surface area (Å²) in [7, 11) is 0. The minimum absolute atomic E-state index is 0.374. The van der Waals surface area contributed by atoms with Crippen LogP contribution >= 0.6 is 0 Å². The van der Waals surface area contributed by atoms with E-state index in [0.29, 0.717) is 5.75 Å². The molecule has 16 heavy (non-hydrogen) atoms. The summed E-state index contributed by atoms with van der Waals surface area (Å²) in [4.78, 5) is 3.01. The molecule has 0 unspecified atom stereocenters. The number of hydrogen-bond donors (Lipinski definition) is 3. The van der Waals surface area contributed by atoms with Crippen molar-refractivity contribution in [3.63, 3.8) is 0 Å². The molecule has 3 N–H and O–H groups in total. The Balaban J connectivity index is 2.13. The highest BCUT2D eigenvalue weighted by Crippen LogP contribution is 2.28. The topological polar surface area (TPSA) is 48.0 Å². The van der Waals surface area contributed by atoms with E-state index in [1.54, 1.807) is 0 Å². The van der Waals surface area contributed by atoms with Crippen LogP contribution in [-0.2, 0) is 6.54 Å². The summed E-state index contributed by atoms with van der Waals surface area (Å²) >= 11 is 0. The molecular formula is C13H16N2O. The van der Waals surface area contributed by atoms with Crippen LogP contribution in [0.2, 0.25) is 0 Å². The summed E-state index contributed by atoms with van der Waals surface area (Å²) in [5.41, 5.74) is 3.98. The first-order valence-corrected chi connectivity index (χ1v) is 5.33. The molecule has 0 bridgehead atoms. The predicted octanol–water partition coefficient (Wildman–Crippen LogP) is 2.95. The molecule has 0 aliphatic rings. The monoisotopic (exact) mass is 216 g/mol. The number of aryl methyl sites for hydroxylation is 1. The van der Waals surface area contributed by atoms with Crippen molar-refractivity contribution >= 4 is 5.69 Å². The Labute approximate surface area is 95.1 Å². The normalized spacial score (nSPS) is 10.4. The first-order valence-electron chi connectivity index (χ1n) is 5.33. The molecule has 84 valence electrons. The van der Waals surface area contributed by atoms with Gasteiger partial charge in [-0.05, 0) is 37.1 Å². The molecule has 1 aromatic heterocycles. The fraction of sp³-hybridized carbons (Fsp3) is 0.231. The van der Waals surface area contributed by atoms with Crippen molar-refractivity contribution < 1.29 is 5.11 Å². The van der Waals surface area contributed by atoms with Gasteiger partial charge in [0.05, 0.1) is 0 Å². The number of nitrogens with one attached hydrogen (secondary N) is 2. The molecule has 0 saturated heterocycles. The second-order valence-electron chi connectivity index (χ2n) is 3.98. The highest BCUT2D eigenvalue weighted by Gasteiger charge is 2.05. The molecule has 0 aliphatic carbocycles. The second-order valence-corrected chi connectivity index (χ2v) is 3.98. The Morgan fingerprint density at radius 3 is 2.75 bits per heavy atom. The van der Waals surface area contributed by atoms with Gasteiger partial charge < -0.3 is 15.4 Å². The summed E-state index contributed by atoms with van der Waals surface area (Å²) in [6, 6.07) is 5.94. The standard InChI is InChI=1S/C13H16N2O/c1-9-3-4-12(10(2)13(9)16)15-8-11-5-6-14-7-11/h3-7,14-16H,8H2,1-2H3. The first kappa shape index (κ1) is 10.6. The van der Waals surface area contributed by atoms with Crippen LogP contribution in [0.15, 0.2) is 30.6 Å². The minimum Gasteiger partial charge on any atom is -0.507 e. The lowest BCUT2D eigenvalue weighted by Gasteiger charge is -2.11. The maximum atomic E-state index is 9.80. The molecule has 0 fully saturated rings. The van der Waals surface area contributed by atoms with E-state index in [0.717, 1.165) is 23.4 Å². The number of aromatic nitrogens is 1. The Morgan fingerprint density at radius 1 is 1.25 bits per heavy atom. The van der Waals surface area contributed by atoms with Crippen LogP contribution in [0.25, 0.3) is 0 Å². The fourth-order valence-corrected chi connectivity index (χ4v) is 1.69. The smallest absolute Gasteiger partial charge is 0.123 e. The third-order valence-corrected chi connectivity index (χ3v) is 2.78. The Hall–Kier alpha value is -1.90. The van der Waals surface area contributed by atoms with E-state index in [4.69, 9.17) is 0 Å². The number of phenols is 1. The lowest BCUT2D eigenvalue weighted by atomic mass is 10.1. The average Bonchev–Trinajstić information content (AvgIpc) is 2.78. The summed E-state index contributed by atoms with van der Waals surface area (Å²) < 4.78 is 0. The van der Waals surface area contributed by atoms with Crippen LogP contribution in [0.3, 0.4) is 0 Å². The Bertz CT molecular complexity index is 475. The quantitative estimate of drug-likeness (QED) is 0.738. The van der Waals surface area contributed by atoms with E-state index in [9.17, 15) is 5.11 Å². The van der Waals surface area contributed by atoms with Crippen LogP contribution in [0, 0.1) is 13.8 Å². The van der Waals surface area contributed by atoms with Crippen LogP contribution in [-0.4, -0.2) is 10.1 Å². The van der Waals surface area contributed by atoms with Crippen molar-refractivity contribution in [3.8, 4) is 5.75 Å². The van der Waals surface area contributed by atoms with Gasteiger partial charge in [-0.1, -0.05) is 6.07 Å². The van der Waals surface area contributed by atoms with Crippen LogP contribution in [0.5, 0.6) is 5.75 Å². The molecule has 0 amide bonds. The largest absolute Gasteiger partial charge is 0.507 e. The van der Waals surface area contributed by atoms with Crippen molar-refractivity contribution in [1.29, 1.82) is 0 Å². The van der Waals surface area contributed by atoms with Gasteiger partial charge in [0.2, 0.25) is 0 Å². The first-order chi connectivity index (χ1) is 7.68. The van der Waals surface area contributed by atoms with Gasteiger partial charge in [-0.25, -0.2) is 0 Å². The number of H-pyrrole nitrogens is 1. The van der Waals surface area contributed by atoms with Crippen molar-refractivity contribution in [2.24, 2.45) is 0 Å². The third kappa shape index (κ3) is 2.03. The fourth-order valence-electron chi connectivity index (χ4n) is 1.69. The SMILES string of the molecule is Cc1ccc(NCc2cc[nH]c2)c(C)c1O. The van der Waals surface area contributed by atoms with Gasteiger partial charge in [-0.2, -0.15) is 0 Å². The summed E-state index contributed by atoms with van der Waals surface area (Å²) in [5, 5.41) is 13.1. The van der Waals surface area contributed by atoms with E-state index in [-0.39, 0.29) is 0 Å². The van der Waals surface area contributed by atoms with Crippen LogP contribution in [0.1, 0.15) is 16.7 Å². The zero-order chi connectivity index (χ0) is 11.5. The lowest BCUT2D eigenvalue weighted by molar-refractivity contribution is 0.467. The van der Waals surface area contributed by atoms with Crippen molar-refractivity contribution in [2.75, 3.05) is 5.32 Å². The van der Waals surface area contributed by atoms with Crippen molar-refractivity contribution in [1.82, 2.24) is 4.98 Å². The molecule has 2 aromatic rings. The minimum atomic E-state index is 0.374. The maximum absolute atomic E-state index is 9.80. The molecule has 1 heterocycles. The number of rotatable bonds is 3. The van der Waals surface area contributed by atoms with Crippen molar-refractivity contribution in [3.05, 3.63) is 47.3 Å². The molecule has 1 aromatic carbocycles. The average molecular weight is 216 g/mol. The molecule has 0 atom stereocenters. The summed E-state index contributed by atoms with van der Waals surface area (Å²) in [6.07, 6.45) is 3.85. The highest BCUT2D eigenvalue weighted by molar-refractivity contribution is 5.59. The molecule has 0 radical (unpaired) electrons. The summed E-state index contributed by atoms with van der Waals surface area (Å²) in [5.74, 6) is 0.374. The molecule has 0 spiro atoms. The Morgan fingerprint density at radius 2 is 2.06 bits per heavy atom. The molecular weight excluding hydrogens is 200 g/mol. The third-order valence-electron chi connectivity index (χ3n) is 2.78. The highest BCUT2D eigenvalue weighted by atomic mass is 16.3. The second kappa shape index (κ2) is 4.31. The summed E-state index contributed by atoms with van der Waals surface area (Å²) in [6.45, 7) is 4.58. The van der Waals surface area contributed by atoms with Crippen LogP contribution < -0.4 is 5.32 Å². The van der Waals surface area contributed by atoms with Gasteiger partial charge in [0.15, 0.2) is 0 Å². The molecule has 2 rings (SSSR count). The van der Waals surface area contributed by atoms with E-state index >= 15 is 0 Å². The van der Waals surface area contributed by atoms with Crippen LogP contribution in [0.4, 0.5) is 5.69 Å². The molecule has 0 aliphatic heterocycles. The van der Waals surface area contributed by atoms with Gasteiger partial charge in [-0.15, -0.1) is 0 Å². The zero-order valence-corrected chi connectivity index (χ0v) is 9.54. The number of anilines is 1. The predicted molar refractivity (Wildman–Crippen MR) is 65.7 cm³/mol. The van der Waals surface area contributed by atoms with Gasteiger partial charge in [-0.3, -0.25) is 0 Å². The van der Waals surface area contributed by atoms with Gasteiger partial charge in [0, 0.05) is 30.2 Å². The molecule has 0 saturated carbocycles. The number of benzene rings is 1. The molecule has 3 heteroatoms. The number of aromatic hydroxyl groups is 1.